The highest BCUT2D eigenvalue weighted by molar-refractivity contribution is 6.34. The number of ether oxygens (including phenoxy) is 1. The van der Waals surface area contributed by atoms with E-state index in [0.717, 1.165) is 24.3 Å². The van der Waals surface area contributed by atoms with E-state index >= 15 is 0 Å². The molecule has 0 saturated carbocycles. The van der Waals surface area contributed by atoms with Crippen molar-refractivity contribution in [2.45, 2.75) is 19.4 Å². The van der Waals surface area contributed by atoms with Crippen LogP contribution in [0.15, 0.2) is 18.2 Å². The Bertz CT molecular complexity index is 1140. The van der Waals surface area contributed by atoms with E-state index in [0.29, 0.717) is 60.8 Å². The predicted molar refractivity (Wildman–Crippen MR) is 121 cm³/mol. The number of aromatic amines is 1. The van der Waals surface area contributed by atoms with Crippen molar-refractivity contribution in [2.75, 3.05) is 51.3 Å². The molecular weight excluding hydrogens is 427 g/mol. The van der Waals surface area contributed by atoms with Gasteiger partial charge in [-0.15, -0.1) is 0 Å². The number of halogens is 1. The number of hydrogen-bond donors (Lipinski definition) is 3. The lowest BCUT2D eigenvalue weighted by Gasteiger charge is -2.32. The Morgan fingerprint density at radius 2 is 2.00 bits per heavy atom. The zero-order valence-electron chi connectivity index (χ0n) is 18.5. The molecule has 9 heteroatoms. The minimum absolute atomic E-state index is 0.127. The number of nitrogens with zero attached hydrogens (tertiary/aromatic N) is 2. The van der Waals surface area contributed by atoms with E-state index in [1.807, 2.05) is 6.92 Å². The van der Waals surface area contributed by atoms with Gasteiger partial charge in [0.2, 0.25) is 0 Å². The number of β-amino-alcohol motifs (C(OH)–C–C–N with tert-alkyl or cyclic N) is 1. The molecule has 8 nitrogen and oxygen atoms in total. The van der Waals surface area contributed by atoms with Crippen molar-refractivity contribution in [1.82, 2.24) is 14.8 Å². The summed E-state index contributed by atoms with van der Waals surface area (Å²) in [6.45, 7) is 6.02. The fourth-order valence-corrected chi connectivity index (χ4v) is 4.82. The number of anilines is 1. The van der Waals surface area contributed by atoms with Gasteiger partial charge in [0, 0.05) is 61.8 Å². The maximum Gasteiger partial charge on any atom is 0.256 e. The van der Waals surface area contributed by atoms with Crippen LogP contribution in [-0.2, 0) is 16.0 Å². The Kier molecular flexibility index (Phi) is 5.77. The number of aliphatic hydroxyl groups excluding tert-OH is 1. The second-order valence-electron chi connectivity index (χ2n) is 8.79. The number of aliphatic hydroxyl groups is 1. The van der Waals surface area contributed by atoms with E-state index in [1.165, 1.54) is 12.1 Å². The second-order valence-corrected chi connectivity index (χ2v) is 8.79. The van der Waals surface area contributed by atoms with E-state index < -0.39 is 11.9 Å². The maximum atomic E-state index is 13.8. The van der Waals surface area contributed by atoms with Crippen LogP contribution in [0.1, 0.15) is 32.9 Å². The first-order valence-corrected chi connectivity index (χ1v) is 11.2. The molecule has 1 atom stereocenters. The largest absolute Gasteiger partial charge is 0.390 e. The van der Waals surface area contributed by atoms with Gasteiger partial charge in [-0.05, 0) is 36.8 Å². The Hall–Kier alpha value is -3.01. The summed E-state index contributed by atoms with van der Waals surface area (Å²) in [5.74, 6) is -0.847. The van der Waals surface area contributed by atoms with Gasteiger partial charge < -0.3 is 25.0 Å². The average molecular weight is 455 g/mol. The minimum atomic E-state index is -0.636. The molecular formula is C24H27FN4O4. The monoisotopic (exact) mass is 454 g/mol. The van der Waals surface area contributed by atoms with Crippen LogP contribution in [0.2, 0.25) is 0 Å². The number of carbonyl (C=O) groups is 2. The van der Waals surface area contributed by atoms with Gasteiger partial charge in [-0.3, -0.25) is 14.5 Å². The smallest absolute Gasteiger partial charge is 0.256 e. The van der Waals surface area contributed by atoms with Crippen molar-refractivity contribution in [3.8, 4) is 0 Å². The molecule has 3 aliphatic rings. The van der Waals surface area contributed by atoms with Crippen molar-refractivity contribution in [3.05, 3.63) is 52.1 Å². The molecule has 0 bridgehead atoms. The van der Waals surface area contributed by atoms with Gasteiger partial charge >= 0.3 is 0 Å². The summed E-state index contributed by atoms with van der Waals surface area (Å²) >= 11 is 0. The van der Waals surface area contributed by atoms with Crippen LogP contribution in [0.4, 0.5) is 10.1 Å². The summed E-state index contributed by atoms with van der Waals surface area (Å²) in [6.07, 6.45) is 1.68. The van der Waals surface area contributed by atoms with Gasteiger partial charge in [-0.1, -0.05) is 0 Å². The number of rotatable bonds is 5. The molecule has 1 aromatic carbocycles. The lowest BCUT2D eigenvalue weighted by atomic mass is 10.0. The Morgan fingerprint density at radius 3 is 2.79 bits per heavy atom. The molecule has 3 N–H and O–H groups in total. The molecule has 0 aliphatic carbocycles. The van der Waals surface area contributed by atoms with E-state index in [-0.39, 0.29) is 18.4 Å². The van der Waals surface area contributed by atoms with E-state index in [4.69, 9.17) is 4.74 Å². The van der Waals surface area contributed by atoms with Gasteiger partial charge in [0.05, 0.1) is 30.5 Å². The molecule has 4 heterocycles. The Labute approximate surface area is 191 Å². The summed E-state index contributed by atoms with van der Waals surface area (Å²) in [5.41, 5.74) is 4.24. The number of amides is 2. The second kappa shape index (κ2) is 8.74. The van der Waals surface area contributed by atoms with Gasteiger partial charge in [-0.2, -0.15) is 0 Å². The number of nitrogens with one attached hydrogen (secondary N) is 2. The summed E-state index contributed by atoms with van der Waals surface area (Å²) in [6, 6.07) is 4.18. The lowest BCUT2D eigenvalue weighted by molar-refractivity contribution is -0.110. The van der Waals surface area contributed by atoms with Gasteiger partial charge in [0.15, 0.2) is 0 Å². The number of aromatic nitrogens is 1. The summed E-state index contributed by atoms with van der Waals surface area (Å²) in [7, 11) is 0. The van der Waals surface area contributed by atoms with Crippen LogP contribution in [0.3, 0.4) is 0 Å². The summed E-state index contributed by atoms with van der Waals surface area (Å²) in [4.78, 5) is 32.8. The molecule has 1 saturated heterocycles. The van der Waals surface area contributed by atoms with Crippen molar-refractivity contribution in [1.29, 1.82) is 0 Å². The lowest BCUT2D eigenvalue weighted by Crippen LogP contribution is -2.47. The first-order chi connectivity index (χ1) is 15.9. The third-order valence-electron chi connectivity index (χ3n) is 6.56. The number of fused-ring (bicyclic) bond motifs is 2. The van der Waals surface area contributed by atoms with Crippen LogP contribution in [0.25, 0.3) is 11.6 Å². The third-order valence-corrected chi connectivity index (χ3v) is 6.56. The van der Waals surface area contributed by atoms with Crippen molar-refractivity contribution in [2.24, 2.45) is 0 Å². The van der Waals surface area contributed by atoms with E-state index in [2.05, 4.69) is 15.2 Å². The highest BCUT2D eigenvalue weighted by Crippen LogP contribution is 2.35. The van der Waals surface area contributed by atoms with E-state index in [1.54, 1.807) is 17.0 Å². The molecule has 0 radical (unpaired) electrons. The van der Waals surface area contributed by atoms with Crippen molar-refractivity contribution < 1.29 is 23.8 Å². The van der Waals surface area contributed by atoms with Gasteiger partial charge in [0.25, 0.3) is 11.8 Å². The van der Waals surface area contributed by atoms with Crippen LogP contribution in [0.5, 0.6) is 0 Å². The normalized spacial score (nSPS) is 20.7. The highest BCUT2D eigenvalue weighted by Gasteiger charge is 2.32. The minimum Gasteiger partial charge on any atom is -0.390 e. The fraction of sp³-hybridized carbons (Fsp3) is 0.417. The summed E-state index contributed by atoms with van der Waals surface area (Å²) in [5, 5.41) is 13.3. The van der Waals surface area contributed by atoms with Gasteiger partial charge in [0.1, 0.15) is 5.82 Å². The topological polar surface area (TPSA) is 97.9 Å². The average Bonchev–Trinajstić information content (AvgIpc) is 3.27. The first-order valence-electron chi connectivity index (χ1n) is 11.2. The van der Waals surface area contributed by atoms with Crippen molar-refractivity contribution >= 4 is 29.2 Å². The summed E-state index contributed by atoms with van der Waals surface area (Å²) < 4.78 is 19.1. The number of carbonyl (C=O) groups excluding carboxylic acids is 2. The van der Waals surface area contributed by atoms with Gasteiger partial charge in [-0.25, -0.2) is 4.39 Å². The van der Waals surface area contributed by atoms with Crippen molar-refractivity contribution in [3.63, 3.8) is 0 Å². The Balaban J connectivity index is 1.35. The molecule has 3 aliphatic heterocycles. The number of hydrogen-bond acceptors (Lipinski definition) is 5. The zero-order chi connectivity index (χ0) is 23.1. The predicted octanol–water partition coefficient (Wildman–Crippen LogP) is 1.65. The quantitative estimate of drug-likeness (QED) is 0.597. The zero-order valence-corrected chi connectivity index (χ0v) is 18.5. The molecule has 2 aromatic rings. The molecule has 5 rings (SSSR count). The molecule has 174 valence electrons. The molecule has 0 unspecified atom stereocenters. The molecule has 2 amide bonds. The van der Waals surface area contributed by atoms with Crippen LogP contribution >= 0.6 is 0 Å². The molecule has 1 aromatic heterocycles. The van der Waals surface area contributed by atoms with Crippen LogP contribution in [0, 0.1) is 12.7 Å². The fourth-order valence-electron chi connectivity index (χ4n) is 4.82. The maximum absolute atomic E-state index is 13.8. The molecule has 33 heavy (non-hydrogen) atoms. The third kappa shape index (κ3) is 4.19. The number of morpholine rings is 1. The van der Waals surface area contributed by atoms with Crippen LogP contribution < -0.4 is 5.32 Å². The Morgan fingerprint density at radius 1 is 1.21 bits per heavy atom. The highest BCUT2D eigenvalue weighted by atomic mass is 19.1. The number of H-pyrrole nitrogens is 1. The SMILES string of the molecule is Cc1c(C=C2C(=O)Nc3ccc(F)cc32)[nH]c2c1C(=O)N(C[C@H](O)CN1CCOCC1)CC2. The molecule has 1 fully saturated rings. The first kappa shape index (κ1) is 21.8. The molecule has 0 spiro atoms. The number of benzene rings is 1. The van der Waals surface area contributed by atoms with E-state index in [9.17, 15) is 19.1 Å². The standard InChI is InChI=1S/C24H27FN4O4/c1-14-21(11-18-17-10-15(25)2-3-19(17)27-23(18)31)26-20-4-5-29(24(32)22(14)20)13-16(30)12-28-6-8-33-9-7-28/h2-3,10-11,16,26,30H,4-9,12-13H2,1H3,(H,27,31)/t16-/m1/s1. The van der Waals surface area contributed by atoms with Crippen LogP contribution in [-0.4, -0.2) is 83.7 Å².